The van der Waals surface area contributed by atoms with Crippen molar-refractivity contribution in [3.05, 3.63) is 41.6 Å². The molecule has 0 saturated heterocycles. The Bertz CT molecular complexity index is 539. The molecule has 0 radical (unpaired) electrons. The van der Waals surface area contributed by atoms with E-state index in [2.05, 4.69) is 19.1 Å². The van der Waals surface area contributed by atoms with Crippen molar-refractivity contribution in [1.82, 2.24) is 5.12 Å². The molecule has 1 aliphatic rings. The molecule has 1 aromatic carbocycles. The van der Waals surface area contributed by atoms with Crippen molar-refractivity contribution in [2.45, 2.75) is 25.7 Å². The molecule has 2 rings (SSSR count). The predicted octanol–water partition coefficient (Wildman–Crippen LogP) is 4.68. The summed E-state index contributed by atoms with van der Waals surface area (Å²) in [6.07, 6.45) is 3.44. The van der Waals surface area contributed by atoms with Crippen LogP contribution in [-0.2, 0) is 0 Å². The summed E-state index contributed by atoms with van der Waals surface area (Å²) in [4.78, 5) is 1.18. The number of hydrogen-bond donors (Lipinski definition) is 0. The number of halogens is 1. The molecule has 1 aliphatic heterocycles. The van der Waals surface area contributed by atoms with E-state index in [4.69, 9.17) is 4.74 Å². The summed E-state index contributed by atoms with van der Waals surface area (Å²) in [6.45, 7) is 6.99. The van der Waals surface area contributed by atoms with Crippen LogP contribution in [0.15, 0.2) is 40.9 Å². The van der Waals surface area contributed by atoms with Gasteiger partial charge < -0.3 is 4.74 Å². The van der Waals surface area contributed by atoms with E-state index in [0.29, 0.717) is 18.3 Å². The van der Waals surface area contributed by atoms with E-state index in [1.807, 2.05) is 26.0 Å². The molecular formula is C16H20FNOS. The number of ether oxygens (including phenoxy) is 1. The first-order valence-electron chi connectivity index (χ1n) is 6.87. The number of thioether (sulfide) groups is 1. The van der Waals surface area contributed by atoms with Crippen LogP contribution < -0.4 is 4.74 Å². The molecule has 20 heavy (non-hydrogen) atoms. The van der Waals surface area contributed by atoms with Gasteiger partial charge in [-0.05, 0) is 43.4 Å². The van der Waals surface area contributed by atoms with Crippen LogP contribution >= 0.6 is 11.8 Å². The molecule has 108 valence electrons. The van der Waals surface area contributed by atoms with Gasteiger partial charge in [-0.15, -0.1) is 16.2 Å². The Balaban J connectivity index is 2.46. The van der Waals surface area contributed by atoms with Gasteiger partial charge in [0, 0.05) is 22.2 Å². The highest BCUT2D eigenvalue weighted by molar-refractivity contribution is 7.99. The molecule has 0 saturated carbocycles. The summed E-state index contributed by atoms with van der Waals surface area (Å²) in [5, 5.41) is 0.706. The maximum Gasteiger partial charge on any atom is 0.127 e. The minimum atomic E-state index is 0.308. The molecular weight excluding hydrogens is 273 g/mol. The van der Waals surface area contributed by atoms with Crippen LogP contribution in [0.1, 0.15) is 26.3 Å². The van der Waals surface area contributed by atoms with Crippen molar-refractivity contribution in [1.29, 1.82) is 0 Å². The second-order valence-corrected chi connectivity index (χ2v) is 5.87. The SMILES string of the molecule is CCOc1ccc(SCC)cc1C1=CN(F)CC=C1C. The molecule has 0 unspecified atom stereocenters. The lowest BCUT2D eigenvalue weighted by Crippen LogP contribution is -2.12. The molecule has 1 heterocycles. The van der Waals surface area contributed by atoms with Crippen LogP contribution in [0, 0.1) is 0 Å². The van der Waals surface area contributed by atoms with Gasteiger partial charge in [0.05, 0.1) is 13.2 Å². The van der Waals surface area contributed by atoms with Gasteiger partial charge in [-0.3, -0.25) is 0 Å². The largest absolute Gasteiger partial charge is 0.493 e. The summed E-state index contributed by atoms with van der Waals surface area (Å²) >= 11 is 1.77. The number of rotatable bonds is 5. The summed E-state index contributed by atoms with van der Waals surface area (Å²) in [6, 6.07) is 6.11. The van der Waals surface area contributed by atoms with Crippen molar-refractivity contribution in [3.63, 3.8) is 0 Å². The molecule has 4 heteroatoms. The third-order valence-electron chi connectivity index (χ3n) is 3.12. The lowest BCUT2D eigenvalue weighted by Gasteiger charge is -2.20. The highest BCUT2D eigenvalue weighted by atomic mass is 32.2. The lowest BCUT2D eigenvalue weighted by atomic mass is 9.97. The Morgan fingerprint density at radius 3 is 2.85 bits per heavy atom. The van der Waals surface area contributed by atoms with Crippen LogP contribution in [0.25, 0.3) is 5.57 Å². The zero-order chi connectivity index (χ0) is 14.5. The topological polar surface area (TPSA) is 12.5 Å². The summed E-state index contributed by atoms with van der Waals surface area (Å²) in [5.74, 6) is 1.82. The average Bonchev–Trinajstić information content (AvgIpc) is 2.44. The Kier molecular flexibility index (Phi) is 5.12. The maximum absolute atomic E-state index is 13.5. The zero-order valence-electron chi connectivity index (χ0n) is 12.1. The standard InChI is InChI=1S/C16H20FNOS/c1-4-19-16-7-6-13(20-5-2)10-14(16)15-11-18(17)9-8-12(15)3/h6-8,10-11H,4-5,9H2,1-3H3. The van der Waals surface area contributed by atoms with Crippen molar-refractivity contribution in [2.75, 3.05) is 18.9 Å². The Hall–Kier alpha value is -1.42. The molecule has 0 fully saturated rings. The third kappa shape index (κ3) is 3.37. The Morgan fingerprint density at radius 2 is 2.15 bits per heavy atom. The maximum atomic E-state index is 13.5. The number of nitrogens with zero attached hydrogens (tertiary/aromatic N) is 1. The predicted molar refractivity (Wildman–Crippen MR) is 83.6 cm³/mol. The van der Waals surface area contributed by atoms with Crippen molar-refractivity contribution in [3.8, 4) is 5.75 Å². The molecule has 0 atom stereocenters. The first kappa shape index (κ1) is 15.0. The van der Waals surface area contributed by atoms with Crippen LogP contribution in [0.5, 0.6) is 5.75 Å². The fourth-order valence-corrected chi connectivity index (χ4v) is 2.87. The van der Waals surface area contributed by atoms with Gasteiger partial charge in [0.15, 0.2) is 0 Å². The van der Waals surface area contributed by atoms with E-state index in [0.717, 1.165) is 28.2 Å². The van der Waals surface area contributed by atoms with Gasteiger partial charge in [-0.2, -0.15) is 0 Å². The van der Waals surface area contributed by atoms with Crippen molar-refractivity contribution >= 4 is 17.3 Å². The zero-order valence-corrected chi connectivity index (χ0v) is 13.0. The summed E-state index contributed by atoms with van der Waals surface area (Å²) < 4.78 is 19.2. The van der Waals surface area contributed by atoms with E-state index in [-0.39, 0.29) is 0 Å². The van der Waals surface area contributed by atoms with Crippen molar-refractivity contribution in [2.24, 2.45) is 0 Å². The highest BCUT2D eigenvalue weighted by Crippen LogP contribution is 2.36. The minimum absolute atomic E-state index is 0.308. The van der Waals surface area contributed by atoms with Gasteiger partial charge in [0.25, 0.3) is 0 Å². The van der Waals surface area contributed by atoms with Gasteiger partial charge in [-0.25, -0.2) is 5.12 Å². The molecule has 1 aromatic rings. The second-order valence-electron chi connectivity index (χ2n) is 4.54. The molecule has 0 amide bonds. The Morgan fingerprint density at radius 1 is 1.35 bits per heavy atom. The van der Waals surface area contributed by atoms with Crippen LogP contribution in [0.2, 0.25) is 0 Å². The highest BCUT2D eigenvalue weighted by Gasteiger charge is 2.16. The fraction of sp³-hybridized carbons (Fsp3) is 0.375. The molecule has 0 aromatic heterocycles. The second kappa shape index (κ2) is 6.84. The van der Waals surface area contributed by atoms with Crippen molar-refractivity contribution < 1.29 is 9.22 Å². The van der Waals surface area contributed by atoms with E-state index >= 15 is 0 Å². The van der Waals surface area contributed by atoms with Crippen LogP contribution in [0.4, 0.5) is 4.48 Å². The smallest absolute Gasteiger partial charge is 0.127 e. The fourth-order valence-electron chi connectivity index (χ4n) is 2.17. The Labute approximate surface area is 124 Å². The summed E-state index contributed by atoms with van der Waals surface area (Å²) in [7, 11) is 0. The summed E-state index contributed by atoms with van der Waals surface area (Å²) in [5.41, 5.74) is 2.93. The monoisotopic (exact) mass is 293 g/mol. The number of allylic oxidation sites excluding steroid dienone is 2. The quantitative estimate of drug-likeness (QED) is 0.577. The van der Waals surface area contributed by atoms with Gasteiger partial charge >= 0.3 is 0 Å². The van der Waals surface area contributed by atoms with E-state index in [1.165, 1.54) is 4.90 Å². The van der Waals surface area contributed by atoms with Gasteiger partial charge in [0.1, 0.15) is 5.75 Å². The molecule has 0 spiro atoms. The van der Waals surface area contributed by atoms with Gasteiger partial charge in [-0.1, -0.05) is 13.0 Å². The molecule has 0 N–H and O–H groups in total. The first-order chi connectivity index (χ1) is 9.65. The average molecular weight is 293 g/mol. The van der Waals surface area contributed by atoms with Crippen LogP contribution in [-0.4, -0.2) is 24.0 Å². The van der Waals surface area contributed by atoms with Crippen LogP contribution in [0.3, 0.4) is 0 Å². The normalized spacial score (nSPS) is 14.9. The number of benzene rings is 1. The molecule has 0 bridgehead atoms. The third-order valence-corrected chi connectivity index (χ3v) is 3.99. The van der Waals surface area contributed by atoms with E-state index < -0.39 is 0 Å². The molecule has 0 aliphatic carbocycles. The van der Waals surface area contributed by atoms with E-state index in [9.17, 15) is 4.48 Å². The first-order valence-corrected chi connectivity index (χ1v) is 7.85. The van der Waals surface area contributed by atoms with Gasteiger partial charge in [0.2, 0.25) is 0 Å². The number of hydrogen-bond acceptors (Lipinski definition) is 3. The van der Waals surface area contributed by atoms with E-state index in [1.54, 1.807) is 18.0 Å². The lowest BCUT2D eigenvalue weighted by molar-refractivity contribution is 0.105. The minimum Gasteiger partial charge on any atom is -0.493 e. The molecule has 2 nitrogen and oxygen atoms in total.